The molecular weight excluding hydrogens is 328 g/mol. The molecule has 5 heteroatoms. The fraction of sp³-hybridized carbons (Fsp3) is 0.333. The third kappa shape index (κ3) is 4.42. The summed E-state index contributed by atoms with van der Waals surface area (Å²) < 4.78 is 5.88. The third-order valence-corrected chi connectivity index (χ3v) is 4.48. The molecule has 136 valence electrons. The standard InChI is InChI=1S/C21H24N2O3/c1-2-3-13-23-15-16(14-20(23)24)21(25)22-18-11-7-8-12-19(18)26-17-9-5-4-6-10-17/h4-12,16H,2-3,13-15H2,1H3,(H,22,25). The van der Waals surface area contributed by atoms with Crippen molar-refractivity contribution < 1.29 is 14.3 Å². The van der Waals surface area contributed by atoms with Gasteiger partial charge in [0, 0.05) is 19.5 Å². The van der Waals surface area contributed by atoms with Gasteiger partial charge in [-0.05, 0) is 30.7 Å². The van der Waals surface area contributed by atoms with Gasteiger partial charge in [0.25, 0.3) is 0 Å². The van der Waals surface area contributed by atoms with Gasteiger partial charge in [-0.1, -0.05) is 43.7 Å². The SMILES string of the molecule is CCCCN1CC(C(=O)Nc2ccccc2Oc2ccccc2)CC1=O. The second kappa shape index (κ2) is 8.52. The first-order valence-corrected chi connectivity index (χ1v) is 9.08. The van der Waals surface area contributed by atoms with Crippen LogP contribution in [0.15, 0.2) is 54.6 Å². The van der Waals surface area contributed by atoms with E-state index in [2.05, 4.69) is 12.2 Å². The zero-order valence-electron chi connectivity index (χ0n) is 15.0. The van der Waals surface area contributed by atoms with Gasteiger partial charge in [0.1, 0.15) is 5.75 Å². The number of carbonyl (C=O) groups excluding carboxylic acids is 2. The molecule has 2 amide bonds. The van der Waals surface area contributed by atoms with Crippen LogP contribution in [0, 0.1) is 5.92 Å². The zero-order chi connectivity index (χ0) is 18.4. The van der Waals surface area contributed by atoms with E-state index in [0.717, 1.165) is 19.4 Å². The highest BCUT2D eigenvalue weighted by molar-refractivity contribution is 5.98. The summed E-state index contributed by atoms with van der Waals surface area (Å²) in [5, 5.41) is 2.93. The lowest BCUT2D eigenvalue weighted by molar-refractivity contribution is -0.128. The number of rotatable bonds is 7. The normalized spacial score (nSPS) is 16.6. The first-order valence-electron chi connectivity index (χ1n) is 9.08. The topological polar surface area (TPSA) is 58.6 Å². The third-order valence-electron chi connectivity index (χ3n) is 4.48. The van der Waals surface area contributed by atoms with Crippen molar-refractivity contribution in [2.45, 2.75) is 26.2 Å². The van der Waals surface area contributed by atoms with Gasteiger partial charge >= 0.3 is 0 Å². The summed E-state index contributed by atoms with van der Waals surface area (Å²) in [6, 6.07) is 16.8. The maximum atomic E-state index is 12.6. The van der Waals surface area contributed by atoms with Gasteiger partial charge < -0.3 is 15.0 Å². The predicted molar refractivity (Wildman–Crippen MR) is 101 cm³/mol. The first-order chi connectivity index (χ1) is 12.7. The highest BCUT2D eigenvalue weighted by atomic mass is 16.5. The number of nitrogens with zero attached hydrogens (tertiary/aromatic N) is 1. The van der Waals surface area contributed by atoms with E-state index < -0.39 is 0 Å². The van der Waals surface area contributed by atoms with Crippen molar-refractivity contribution in [3.8, 4) is 11.5 Å². The van der Waals surface area contributed by atoms with E-state index in [1.165, 1.54) is 0 Å². The molecule has 1 unspecified atom stereocenters. The average Bonchev–Trinajstić information content (AvgIpc) is 3.03. The van der Waals surface area contributed by atoms with Crippen LogP contribution >= 0.6 is 0 Å². The van der Waals surface area contributed by atoms with Gasteiger partial charge in [0.05, 0.1) is 11.6 Å². The van der Waals surface area contributed by atoms with Crippen LogP contribution in [-0.2, 0) is 9.59 Å². The summed E-state index contributed by atoms with van der Waals surface area (Å²) in [5.74, 6) is 0.896. The molecule has 1 fully saturated rings. The molecule has 3 rings (SSSR count). The van der Waals surface area contributed by atoms with E-state index in [0.29, 0.717) is 23.7 Å². The largest absolute Gasteiger partial charge is 0.455 e. The molecule has 0 saturated carbocycles. The number of likely N-dealkylation sites (tertiary alicyclic amines) is 1. The van der Waals surface area contributed by atoms with Crippen LogP contribution in [0.4, 0.5) is 5.69 Å². The quantitative estimate of drug-likeness (QED) is 0.817. The van der Waals surface area contributed by atoms with Crippen LogP contribution < -0.4 is 10.1 Å². The van der Waals surface area contributed by atoms with E-state index in [4.69, 9.17) is 4.74 Å². The molecule has 0 aromatic heterocycles. The summed E-state index contributed by atoms with van der Waals surface area (Å²) in [4.78, 5) is 26.5. The molecule has 1 N–H and O–H groups in total. The summed E-state index contributed by atoms with van der Waals surface area (Å²) in [7, 11) is 0. The molecule has 0 radical (unpaired) electrons. The maximum Gasteiger partial charge on any atom is 0.229 e. The molecule has 2 aromatic rings. The number of para-hydroxylation sites is 3. The Kier molecular flexibility index (Phi) is 5.89. The van der Waals surface area contributed by atoms with Crippen molar-refractivity contribution >= 4 is 17.5 Å². The monoisotopic (exact) mass is 352 g/mol. The number of nitrogens with one attached hydrogen (secondary N) is 1. The van der Waals surface area contributed by atoms with Crippen LogP contribution in [0.5, 0.6) is 11.5 Å². The van der Waals surface area contributed by atoms with Crippen LogP contribution in [0.1, 0.15) is 26.2 Å². The minimum atomic E-state index is -0.316. The van der Waals surface area contributed by atoms with Crippen LogP contribution in [-0.4, -0.2) is 29.8 Å². The highest BCUT2D eigenvalue weighted by Crippen LogP contribution is 2.30. The lowest BCUT2D eigenvalue weighted by atomic mass is 10.1. The fourth-order valence-corrected chi connectivity index (χ4v) is 3.02. The smallest absolute Gasteiger partial charge is 0.229 e. The summed E-state index contributed by atoms with van der Waals surface area (Å²) in [6.07, 6.45) is 2.27. The van der Waals surface area contributed by atoms with Gasteiger partial charge in [0.2, 0.25) is 11.8 Å². The lowest BCUT2D eigenvalue weighted by Gasteiger charge is -2.17. The van der Waals surface area contributed by atoms with Gasteiger partial charge in [-0.15, -0.1) is 0 Å². The molecule has 0 bridgehead atoms. The van der Waals surface area contributed by atoms with Gasteiger partial charge in [-0.3, -0.25) is 9.59 Å². The Morgan fingerprint density at radius 1 is 1.15 bits per heavy atom. The molecule has 1 aliphatic heterocycles. The molecule has 1 heterocycles. The molecule has 0 aliphatic carbocycles. The number of ether oxygens (including phenoxy) is 1. The molecular formula is C21H24N2O3. The highest BCUT2D eigenvalue weighted by Gasteiger charge is 2.34. The molecule has 2 aromatic carbocycles. The Morgan fingerprint density at radius 3 is 2.65 bits per heavy atom. The number of anilines is 1. The van der Waals surface area contributed by atoms with Crippen molar-refractivity contribution in [1.29, 1.82) is 0 Å². The molecule has 1 aliphatic rings. The number of hydrogen-bond donors (Lipinski definition) is 1. The van der Waals surface area contributed by atoms with Crippen molar-refractivity contribution in [3.63, 3.8) is 0 Å². The van der Waals surface area contributed by atoms with Crippen molar-refractivity contribution in [3.05, 3.63) is 54.6 Å². The minimum Gasteiger partial charge on any atom is -0.455 e. The number of amides is 2. The molecule has 0 spiro atoms. The molecule has 1 atom stereocenters. The number of hydrogen-bond acceptors (Lipinski definition) is 3. The zero-order valence-corrected chi connectivity index (χ0v) is 15.0. The predicted octanol–water partition coefficient (Wildman–Crippen LogP) is 4.07. The van der Waals surface area contributed by atoms with E-state index in [-0.39, 0.29) is 24.2 Å². The van der Waals surface area contributed by atoms with Crippen LogP contribution in [0.25, 0.3) is 0 Å². The fourth-order valence-electron chi connectivity index (χ4n) is 3.02. The lowest BCUT2D eigenvalue weighted by Crippen LogP contribution is -2.29. The van der Waals surface area contributed by atoms with E-state index in [9.17, 15) is 9.59 Å². The summed E-state index contributed by atoms with van der Waals surface area (Å²) in [6.45, 7) is 3.31. The molecule has 1 saturated heterocycles. The van der Waals surface area contributed by atoms with E-state index in [1.807, 2.05) is 54.6 Å². The van der Waals surface area contributed by atoms with Crippen LogP contribution in [0.3, 0.4) is 0 Å². The van der Waals surface area contributed by atoms with E-state index in [1.54, 1.807) is 4.90 Å². The number of carbonyl (C=O) groups is 2. The average molecular weight is 352 g/mol. The second-order valence-corrected chi connectivity index (χ2v) is 6.49. The maximum absolute atomic E-state index is 12.6. The summed E-state index contributed by atoms with van der Waals surface area (Å²) in [5.41, 5.74) is 0.612. The number of benzene rings is 2. The van der Waals surface area contributed by atoms with Crippen LogP contribution in [0.2, 0.25) is 0 Å². The Balaban J connectivity index is 1.66. The van der Waals surface area contributed by atoms with Gasteiger partial charge in [0.15, 0.2) is 5.75 Å². The van der Waals surface area contributed by atoms with E-state index >= 15 is 0 Å². The molecule has 5 nitrogen and oxygen atoms in total. The van der Waals surface area contributed by atoms with Crippen molar-refractivity contribution in [2.75, 3.05) is 18.4 Å². The van der Waals surface area contributed by atoms with Crippen molar-refractivity contribution in [2.24, 2.45) is 5.92 Å². The minimum absolute atomic E-state index is 0.0624. The molecule has 26 heavy (non-hydrogen) atoms. The Bertz CT molecular complexity index is 761. The van der Waals surface area contributed by atoms with Crippen molar-refractivity contribution in [1.82, 2.24) is 4.90 Å². The second-order valence-electron chi connectivity index (χ2n) is 6.49. The Hall–Kier alpha value is -2.82. The Morgan fingerprint density at radius 2 is 1.88 bits per heavy atom. The van der Waals surface area contributed by atoms with Gasteiger partial charge in [-0.2, -0.15) is 0 Å². The summed E-state index contributed by atoms with van der Waals surface area (Å²) >= 11 is 0. The van der Waals surface area contributed by atoms with Gasteiger partial charge in [-0.25, -0.2) is 0 Å². The Labute approximate surface area is 154 Å². The number of unbranched alkanes of at least 4 members (excludes halogenated alkanes) is 1. The first kappa shape index (κ1) is 18.0.